The number of rotatable bonds is 1. The van der Waals surface area contributed by atoms with Gasteiger partial charge in [-0.2, -0.15) is 4.98 Å². The van der Waals surface area contributed by atoms with Gasteiger partial charge in [0.2, 0.25) is 0 Å². The van der Waals surface area contributed by atoms with E-state index in [0.717, 1.165) is 0 Å². The van der Waals surface area contributed by atoms with E-state index in [1.54, 1.807) is 18.2 Å². The quantitative estimate of drug-likeness (QED) is 0.799. The van der Waals surface area contributed by atoms with E-state index in [4.69, 9.17) is 0 Å². The van der Waals surface area contributed by atoms with Gasteiger partial charge in [-0.1, -0.05) is 39.8 Å². The van der Waals surface area contributed by atoms with Crippen molar-refractivity contribution in [3.63, 3.8) is 0 Å². The van der Waals surface area contributed by atoms with Crippen molar-refractivity contribution in [1.29, 1.82) is 0 Å². The fourth-order valence-electron chi connectivity index (χ4n) is 1.06. The molecule has 0 aliphatic carbocycles. The molecule has 1 aromatic heterocycles. The minimum absolute atomic E-state index is 0.0937. The molecular formula is C12H19N3O2. The Morgan fingerprint density at radius 1 is 1.18 bits per heavy atom. The highest BCUT2D eigenvalue weighted by Crippen LogP contribution is 2.18. The second-order valence-corrected chi connectivity index (χ2v) is 2.52. The fourth-order valence-corrected chi connectivity index (χ4v) is 1.06. The standard InChI is InChI=1S/C8H7N3O2.2C2H6/c12-7-4-2-1-3-6(7)11-5-9-8(13)10-11;2*1-2/h1-5,12H,(H,10,13);2*1-2H3. The number of aromatic amines is 1. The fraction of sp³-hybridized carbons (Fsp3) is 0.333. The van der Waals surface area contributed by atoms with E-state index in [-0.39, 0.29) is 5.75 Å². The van der Waals surface area contributed by atoms with Crippen LogP contribution >= 0.6 is 0 Å². The number of benzene rings is 1. The molecule has 2 aromatic rings. The number of nitrogens with zero attached hydrogens (tertiary/aromatic N) is 2. The van der Waals surface area contributed by atoms with Gasteiger partial charge in [-0.3, -0.25) is 0 Å². The Bertz CT molecular complexity index is 474. The highest BCUT2D eigenvalue weighted by Gasteiger charge is 2.01. The van der Waals surface area contributed by atoms with E-state index in [1.165, 1.54) is 17.1 Å². The molecule has 1 aromatic carbocycles. The van der Waals surface area contributed by atoms with Gasteiger partial charge in [0.1, 0.15) is 17.8 Å². The predicted octanol–water partition coefficient (Wildman–Crippen LogP) is 2.32. The number of aromatic hydroxyl groups is 1. The maximum absolute atomic E-state index is 10.7. The molecule has 1 heterocycles. The predicted molar refractivity (Wildman–Crippen MR) is 68.5 cm³/mol. The van der Waals surface area contributed by atoms with Crippen molar-refractivity contribution < 1.29 is 5.11 Å². The van der Waals surface area contributed by atoms with Gasteiger partial charge in [-0.25, -0.2) is 14.6 Å². The molecule has 0 amide bonds. The molecule has 2 rings (SSSR count). The number of phenolic OH excluding ortho intramolecular Hbond substituents is 1. The lowest BCUT2D eigenvalue weighted by atomic mass is 10.3. The monoisotopic (exact) mass is 237 g/mol. The maximum atomic E-state index is 10.7. The Morgan fingerprint density at radius 3 is 2.24 bits per heavy atom. The molecule has 94 valence electrons. The molecule has 2 N–H and O–H groups in total. The molecule has 0 saturated heterocycles. The Labute approximate surface area is 101 Å². The summed E-state index contributed by atoms with van der Waals surface area (Å²) in [5.41, 5.74) is 0.0559. The average Bonchev–Trinajstić information content (AvgIpc) is 2.81. The first-order valence-electron chi connectivity index (χ1n) is 5.69. The van der Waals surface area contributed by atoms with Crippen molar-refractivity contribution in [3.8, 4) is 11.4 Å². The van der Waals surface area contributed by atoms with Crippen LogP contribution in [0.4, 0.5) is 0 Å². The van der Waals surface area contributed by atoms with Crippen molar-refractivity contribution in [2.45, 2.75) is 27.7 Å². The Hall–Kier alpha value is -2.04. The Morgan fingerprint density at radius 2 is 1.76 bits per heavy atom. The number of nitrogens with one attached hydrogen (secondary N) is 1. The highest BCUT2D eigenvalue weighted by atomic mass is 16.3. The van der Waals surface area contributed by atoms with E-state index >= 15 is 0 Å². The molecule has 0 aliphatic rings. The van der Waals surface area contributed by atoms with Gasteiger partial charge >= 0.3 is 5.69 Å². The SMILES string of the molecule is CC.CC.O=c1ncn(-c2ccccc2O)[nH]1. The normalized spacial score (nSPS) is 8.47. The van der Waals surface area contributed by atoms with E-state index in [1.807, 2.05) is 27.7 Å². The summed E-state index contributed by atoms with van der Waals surface area (Å²) in [6.45, 7) is 8.00. The summed E-state index contributed by atoms with van der Waals surface area (Å²) in [6, 6.07) is 6.67. The van der Waals surface area contributed by atoms with Gasteiger partial charge < -0.3 is 5.11 Å². The first kappa shape index (κ1) is 15.0. The second-order valence-electron chi connectivity index (χ2n) is 2.52. The van der Waals surface area contributed by atoms with E-state index in [9.17, 15) is 9.90 Å². The summed E-state index contributed by atoms with van der Waals surface area (Å²) in [5.74, 6) is 0.0937. The zero-order valence-corrected chi connectivity index (χ0v) is 10.6. The van der Waals surface area contributed by atoms with Crippen molar-refractivity contribution in [2.24, 2.45) is 0 Å². The zero-order valence-electron chi connectivity index (χ0n) is 10.6. The van der Waals surface area contributed by atoms with Gasteiger partial charge in [0.25, 0.3) is 0 Å². The molecular weight excluding hydrogens is 218 g/mol. The number of hydrogen-bond donors (Lipinski definition) is 2. The molecule has 0 saturated carbocycles. The molecule has 5 nitrogen and oxygen atoms in total. The third-order valence-corrected chi connectivity index (χ3v) is 1.65. The maximum Gasteiger partial charge on any atom is 0.361 e. The summed E-state index contributed by atoms with van der Waals surface area (Å²) in [4.78, 5) is 14.2. The van der Waals surface area contributed by atoms with Crippen LogP contribution < -0.4 is 5.69 Å². The third-order valence-electron chi connectivity index (χ3n) is 1.65. The molecule has 17 heavy (non-hydrogen) atoms. The molecule has 0 radical (unpaired) electrons. The number of aromatic nitrogens is 3. The highest BCUT2D eigenvalue weighted by molar-refractivity contribution is 5.44. The first-order valence-corrected chi connectivity index (χ1v) is 5.69. The van der Waals surface area contributed by atoms with Gasteiger partial charge in [-0.05, 0) is 12.1 Å². The van der Waals surface area contributed by atoms with Gasteiger partial charge in [0.15, 0.2) is 0 Å². The molecule has 0 aliphatic heterocycles. The van der Waals surface area contributed by atoms with Crippen molar-refractivity contribution in [2.75, 3.05) is 0 Å². The molecule has 0 spiro atoms. The number of H-pyrrole nitrogens is 1. The van der Waals surface area contributed by atoms with Crippen LogP contribution in [0.25, 0.3) is 5.69 Å². The number of phenols is 1. The molecule has 0 atom stereocenters. The van der Waals surface area contributed by atoms with Crippen LogP contribution in [-0.4, -0.2) is 19.9 Å². The lowest BCUT2D eigenvalue weighted by Gasteiger charge is -2.02. The van der Waals surface area contributed by atoms with Crippen molar-refractivity contribution >= 4 is 0 Å². The molecule has 0 fully saturated rings. The molecule has 5 heteroatoms. The summed E-state index contributed by atoms with van der Waals surface area (Å²) in [6.07, 6.45) is 1.32. The smallest absolute Gasteiger partial charge is 0.361 e. The van der Waals surface area contributed by atoms with Crippen LogP contribution in [0.2, 0.25) is 0 Å². The van der Waals surface area contributed by atoms with E-state index in [2.05, 4.69) is 10.1 Å². The Balaban J connectivity index is 0.000000581. The van der Waals surface area contributed by atoms with E-state index < -0.39 is 5.69 Å². The third kappa shape index (κ3) is 4.14. The summed E-state index contributed by atoms with van der Waals surface area (Å²) in [7, 11) is 0. The number of hydrogen-bond acceptors (Lipinski definition) is 3. The minimum atomic E-state index is -0.441. The van der Waals surface area contributed by atoms with Crippen LogP contribution in [-0.2, 0) is 0 Å². The summed E-state index contributed by atoms with van der Waals surface area (Å²) < 4.78 is 1.36. The van der Waals surface area contributed by atoms with Gasteiger partial charge in [0, 0.05) is 0 Å². The van der Waals surface area contributed by atoms with Crippen LogP contribution in [0.15, 0.2) is 35.4 Å². The average molecular weight is 237 g/mol. The van der Waals surface area contributed by atoms with Crippen molar-refractivity contribution in [3.05, 3.63) is 41.1 Å². The van der Waals surface area contributed by atoms with Crippen LogP contribution in [0.5, 0.6) is 5.75 Å². The minimum Gasteiger partial charge on any atom is -0.506 e. The van der Waals surface area contributed by atoms with Crippen LogP contribution in [0.3, 0.4) is 0 Å². The lowest BCUT2D eigenvalue weighted by Crippen LogP contribution is -2.04. The van der Waals surface area contributed by atoms with Crippen molar-refractivity contribution in [1.82, 2.24) is 14.8 Å². The molecule has 0 bridgehead atoms. The Kier molecular flexibility index (Phi) is 7.17. The molecule has 0 unspecified atom stereocenters. The largest absolute Gasteiger partial charge is 0.506 e. The van der Waals surface area contributed by atoms with E-state index in [0.29, 0.717) is 5.69 Å². The topological polar surface area (TPSA) is 70.9 Å². The van der Waals surface area contributed by atoms with Gasteiger partial charge in [0.05, 0.1) is 0 Å². The van der Waals surface area contributed by atoms with Crippen LogP contribution in [0, 0.1) is 0 Å². The first-order chi connectivity index (χ1) is 8.27. The number of para-hydroxylation sites is 2. The zero-order chi connectivity index (χ0) is 13.3. The van der Waals surface area contributed by atoms with Crippen LogP contribution in [0.1, 0.15) is 27.7 Å². The second kappa shape index (κ2) is 8.15. The summed E-state index contributed by atoms with van der Waals surface area (Å²) in [5, 5.41) is 11.8. The van der Waals surface area contributed by atoms with Gasteiger partial charge in [-0.15, -0.1) is 0 Å². The summed E-state index contributed by atoms with van der Waals surface area (Å²) >= 11 is 0. The lowest BCUT2D eigenvalue weighted by molar-refractivity contribution is 0.470.